The van der Waals surface area contributed by atoms with Crippen LogP contribution in [0, 0.1) is 16.2 Å². The number of benzene rings is 1. The van der Waals surface area contributed by atoms with Crippen molar-refractivity contribution in [2.75, 3.05) is 0 Å². The van der Waals surface area contributed by atoms with Crippen LogP contribution < -0.4 is 0 Å². The average molecular weight is 217 g/mol. The van der Waals surface area contributed by atoms with Crippen molar-refractivity contribution in [3.8, 4) is 6.07 Å². The first-order valence-corrected chi connectivity index (χ1v) is 5.35. The van der Waals surface area contributed by atoms with Gasteiger partial charge in [-0.1, -0.05) is 18.2 Å². The predicted molar refractivity (Wildman–Crippen MR) is 60.0 cm³/mol. The molecule has 0 aromatic heterocycles. The van der Waals surface area contributed by atoms with Crippen LogP contribution in [-0.4, -0.2) is 11.1 Å². The van der Waals surface area contributed by atoms with E-state index in [1.54, 1.807) is 0 Å². The van der Waals surface area contributed by atoms with E-state index in [2.05, 4.69) is 10.2 Å². The molecule has 0 N–H and O–H groups in total. The number of fused-ring (bicyclic) bond motifs is 1. The van der Waals surface area contributed by atoms with Crippen LogP contribution in [-0.2, 0) is 5.75 Å². The van der Waals surface area contributed by atoms with Crippen LogP contribution in [0.5, 0.6) is 0 Å². The van der Waals surface area contributed by atoms with E-state index in [9.17, 15) is 4.91 Å². The second-order valence-corrected chi connectivity index (χ2v) is 4.00. The third kappa shape index (κ3) is 1.90. The number of nitroso groups, excluding NO2 is 1. The van der Waals surface area contributed by atoms with Gasteiger partial charge in [-0.25, -0.2) is 4.99 Å². The summed E-state index contributed by atoms with van der Waals surface area (Å²) in [5, 5.41) is 11.9. The second kappa shape index (κ2) is 4.24. The van der Waals surface area contributed by atoms with Gasteiger partial charge in [-0.3, -0.25) is 0 Å². The minimum atomic E-state index is -0.969. The molecule has 74 valence electrons. The van der Waals surface area contributed by atoms with Crippen LogP contribution in [0.2, 0.25) is 0 Å². The summed E-state index contributed by atoms with van der Waals surface area (Å²) in [5.74, 6) is 0.739. The summed E-state index contributed by atoms with van der Waals surface area (Å²) < 4.78 is 0. The van der Waals surface area contributed by atoms with Gasteiger partial charge in [-0.2, -0.15) is 5.26 Å². The van der Waals surface area contributed by atoms with Gasteiger partial charge in [0.1, 0.15) is 11.1 Å². The fraction of sp³-hybridized carbons (Fsp3) is 0.200. The molecule has 1 heterocycles. The second-order valence-electron chi connectivity index (χ2n) is 3.00. The normalized spacial score (nSPS) is 15.8. The maximum Gasteiger partial charge on any atom is 0.225 e. The first-order valence-electron chi connectivity index (χ1n) is 4.36. The molecule has 1 atom stereocenters. The fourth-order valence-electron chi connectivity index (χ4n) is 1.31. The van der Waals surface area contributed by atoms with E-state index >= 15 is 0 Å². The Bertz CT molecular complexity index is 464. The SMILES string of the molecule is N#CC(N=O)C1=Nc2ccccc2CS1. The molecule has 1 aromatic carbocycles. The summed E-state index contributed by atoms with van der Waals surface area (Å²) in [6.07, 6.45) is 0. The predicted octanol–water partition coefficient (Wildman–Crippen LogP) is 2.62. The molecule has 0 aliphatic carbocycles. The fourth-order valence-corrected chi connectivity index (χ4v) is 2.27. The lowest BCUT2D eigenvalue weighted by Gasteiger charge is -2.14. The highest BCUT2D eigenvalue weighted by Gasteiger charge is 2.21. The molecule has 0 bridgehead atoms. The standard InChI is InChI=1S/C10H7N3OS/c11-5-9(13-14)10-12-8-4-2-1-3-7(8)6-15-10/h1-4,9H,6H2. The summed E-state index contributed by atoms with van der Waals surface area (Å²) in [4.78, 5) is 14.6. The maximum absolute atomic E-state index is 10.4. The Labute approximate surface area is 91.0 Å². The summed E-state index contributed by atoms with van der Waals surface area (Å²) in [6, 6.07) is 8.53. The molecule has 0 fully saturated rings. The molecular weight excluding hydrogens is 210 g/mol. The molecular formula is C10H7N3OS. The number of nitriles is 1. The summed E-state index contributed by atoms with van der Waals surface area (Å²) in [6.45, 7) is 0. The molecule has 2 rings (SSSR count). The number of hydrogen-bond donors (Lipinski definition) is 0. The van der Waals surface area contributed by atoms with Crippen molar-refractivity contribution in [2.24, 2.45) is 10.2 Å². The van der Waals surface area contributed by atoms with E-state index in [1.807, 2.05) is 30.3 Å². The third-order valence-corrected chi connectivity index (χ3v) is 3.13. The smallest absolute Gasteiger partial charge is 0.225 e. The molecule has 4 nitrogen and oxygen atoms in total. The Morgan fingerprint density at radius 3 is 3.07 bits per heavy atom. The van der Waals surface area contributed by atoms with Gasteiger partial charge in [-0.15, -0.1) is 16.7 Å². The molecule has 5 heteroatoms. The zero-order valence-electron chi connectivity index (χ0n) is 7.75. The maximum atomic E-state index is 10.4. The highest BCUT2D eigenvalue weighted by molar-refractivity contribution is 8.13. The summed E-state index contributed by atoms with van der Waals surface area (Å²) in [5.41, 5.74) is 1.95. The largest absolute Gasteiger partial charge is 0.243 e. The molecule has 0 saturated heterocycles. The number of hydrogen-bond acceptors (Lipinski definition) is 5. The summed E-state index contributed by atoms with van der Waals surface area (Å²) >= 11 is 1.40. The van der Waals surface area contributed by atoms with Gasteiger partial charge in [0.15, 0.2) is 0 Å². The van der Waals surface area contributed by atoms with E-state index in [1.165, 1.54) is 11.8 Å². The first kappa shape index (κ1) is 9.87. The number of para-hydroxylation sites is 1. The van der Waals surface area contributed by atoms with Crippen molar-refractivity contribution < 1.29 is 0 Å². The highest BCUT2D eigenvalue weighted by atomic mass is 32.2. The molecule has 0 spiro atoms. The topological polar surface area (TPSA) is 65.6 Å². The Morgan fingerprint density at radius 1 is 1.53 bits per heavy atom. The quantitative estimate of drug-likeness (QED) is 0.715. The molecule has 1 aliphatic rings. The molecule has 0 saturated carbocycles. The number of thioether (sulfide) groups is 1. The Balaban J connectivity index is 2.37. The van der Waals surface area contributed by atoms with E-state index in [0.29, 0.717) is 5.04 Å². The molecule has 1 aromatic rings. The number of aliphatic imine (C=N–C) groups is 1. The van der Waals surface area contributed by atoms with Crippen LogP contribution in [0.15, 0.2) is 34.4 Å². The Hall–Kier alpha value is -1.67. The lowest BCUT2D eigenvalue weighted by molar-refractivity contribution is 1.08. The van der Waals surface area contributed by atoms with Gasteiger partial charge < -0.3 is 0 Å². The van der Waals surface area contributed by atoms with Crippen molar-refractivity contribution in [1.29, 1.82) is 5.26 Å². The molecule has 0 radical (unpaired) electrons. The Kier molecular flexibility index (Phi) is 2.79. The molecule has 1 unspecified atom stereocenters. The van der Waals surface area contributed by atoms with Gasteiger partial charge >= 0.3 is 0 Å². The molecule has 1 aliphatic heterocycles. The van der Waals surface area contributed by atoms with Gasteiger partial charge in [0, 0.05) is 5.75 Å². The van der Waals surface area contributed by atoms with E-state index < -0.39 is 6.04 Å². The number of rotatable bonds is 2. The van der Waals surface area contributed by atoms with Crippen molar-refractivity contribution in [2.45, 2.75) is 11.8 Å². The molecule has 15 heavy (non-hydrogen) atoms. The minimum absolute atomic E-state index is 0.492. The van der Waals surface area contributed by atoms with Crippen LogP contribution in [0.3, 0.4) is 0 Å². The third-order valence-electron chi connectivity index (χ3n) is 2.06. The van der Waals surface area contributed by atoms with Crippen LogP contribution >= 0.6 is 11.8 Å². The lowest BCUT2D eigenvalue weighted by atomic mass is 10.2. The van der Waals surface area contributed by atoms with Crippen LogP contribution in [0.25, 0.3) is 0 Å². The zero-order chi connectivity index (χ0) is 10.7. The van der Waals surface area contributed by atoms with Gasteiger partial charge in [-0.05, 0) is 16.8 Å². The van der Waals surface area contributed by atoms with E-state index in [-0.39, 0.29) is 0 Å². The van der Waals surface area contributed by atoms with Crippen LogP contribution in [0.4, 0.5) is 5.69 Å². The Morgan fingerprint density at radius 2 is 2.33 bits per heavy atom. The first-order chi connectivity index (χ1) is 7.35. The average Bonchev–Trinajstić information content (AvgIpc) is 2.30. The van der Waals surface area contributed by atoms with Crippen LogP contribution in [0.1, 0.15) is 5.56 Å². The minimum Gasteiger partial charge on any atom is -0.243 e. The van der Waals surface area contributed by atoms with E-state index in [0.717, 1.165) is 17.0 Å². The number of nitrogens with zero attached hydrogens (tertiary/aromatic N) is 3. The summed E-state index contributed by atoms with van der Waals surface area (Å²) in [7, 11) is 0. The van der Waals surface area contributed by atoms with Gasteiger partial charge in [0.05, 0.1) is 5.69 Å². The van der Waals surface area contributed by atoms with Gasteiger partial charge in [0.2, 0.25) is 6.04 Å². The van der Waals surface area contributed by atoms with Gasteiger partial charge in [0.25, 0.3) is 0 Å². The van der Waals surface area contributed by atoms with Crippen molar-refractivity contribution in [3.63, 3.8) is 0 Å². The zero-order valence-corrected chi connectivity index (χ0v) is 8.57. The van der Waals surface area contributed by atoms with Crippen molar-refractivity contribution in [1.82, 2.24) is 0 Å². The van der Waals surface area contributed by atoms with Crippen molar-refractivity contribution in [3.05, 3.63) is 34.7 Å². The monoisotopic (exact) mass is 217 g/mol. The lowest BCUT2D eigenvalue weighted by Crippen LogP contribution is -2.14. The molecule has 0 amide bonds. The highest BCUT2D eigenvalue weighted by Crippen LogP contribution is 2.31. The van der Waals surface area contributed by atoms with E-state index in [4.69, 9.17) is 5.26 Å². The van der Waals surface area contributed by atoms with Crippen molar-refractivity contribution >= 4 is 22.5 Å².